The first-order chi connectivity index (χ1) is 10.2. The molecule has 0 spiro atoms. The summed E-state index contributed by atoms with van der Waals surface area (Å²) in [6.07, 6.45) is 8.08. The van der Waals surface area contributed by atoms with E-state index in [1.807, 2.05) is 24.3 Å². The van der Waals surface area contributed by atoms with Gasteiger partial charge < -0.3 is 10.5 Å². The number of methoxy groups -OCH3 is 1. The van der Waals surface area contributed by atoms with Gasteiger partial charge in [0.15, 0.2) is 0 Å². The van der Waals surface area contributed by atoms with Crippen LogP contribution in [0.5, 0.6) is 5.75 Å². The van der Waals surface area contributed by atoms with E-state index in [1.165, 1.54) is 24.8 Å². The zero-order valence-corrected chi connectivity index (χ0v) is 13.1. The van der Waals surface area contributed by atoms with Gasteiger partial charge in [-0.1, -0.05) is 31.4 Å². The highest BCUT2D eigenvalue weighted by molar-refractivity contribution is 5.79. The number of Topliss-reactive ketones (excluding diaryl/α,β-unsaturated/α-hetero) is 1. The fourth-order valence-corrected chi connectivity index (χ4v) is 3.34. The quantitative estimate of drug-likeness (QED) is 0.836. The standard InChI is InChI=1S/C18H27NO2/c1-21-17-9-6-15(7-10-17)5-8-16(20)13-18(14-19)11-3-2-4-12-18/h6-7,9-10H,2-5,8,11-14,19H2,1H3. The van der Waals surface area contributed by atoms with Crippen molar-refractivity contribution in [3.8, 4) is 5.75 Å². The zero-order valence-electron chi connectivity index (χ0n) is 13.1. The molecule has 1 aliphatic carbocycles. The molecule has 21 heavy (non-hydrogen) atoms. The SMILES string of the molecule is COc1ccc(CCC(=O)CC2(CN)CCCCC2)cc1. The topological polar surface area (TPSA) is 52.3 Å². The molecule has 1 aliphatic rings. The van der Waals surface area contributed by atoms with E-state index in [0.717, 1.165) is 25.0 Å². The first-order valence-electron chi connectivity index (χ1n) is 8.02. The van der Waals surface area contributed by atoms with Crippen LogP contribution in [0, 0.1) is 5.41 Å². The number of ether oxygens (including phenoxy) is 1. The Balaban J connectivity index is 1.83. The highest BCUT2D eigenvalue weighted by Crippen LogP contribution is 2.38. The van der Waals surface area contributed by atoms with Gasteiger partial charge in [-0.05, 0) is 48.9 Å². The molecular weight excluding hydrogens is 262 g/mol. The van der Waals surface area contributed by atoms with Gasteiger partial charge in [0.2, 0.25) is 0 Å². The number of aryl methyl sites for hydroxylation is 1. The largest absolute Gasteiger partial charge is 0.497 e. The number of nitrogens with two attached hydrogens (primary N) is 1. The molecule has 2 N–H and O–H groups in total. The summed E-state index contributed by atoms with van der Waals surface area (Å²) >= 11 is 0. The number of carbonyl (C=O) groups excluding carboxylic acids is 1. The van der Waals surface area contributed by atoms with E-state index in [1.54, 1.807) is 7.11 Å². The van der Waals surface area contributed by atoms with Gasteiger partial charge in [-0.25, -0.2) is 0 Å². The average molecular weight is 289 g/mol. The van der Waals surface area contributed by atoms with Crippen LogP contribution in [0.3, 0.4) is 0 Å². The number of carbonyl (C=O) groups is 1. The maximum absolute atomic E-state index is 12.3. The summed E-state index contributed by atoms with van der Waals surface area (Å²) in [5.41, 5.74) is 7.24. The van der Waals surface area contributed by atoms with Crippen LogP contribution in [-0.4, -0.2) is 19.4 Å². The van der Waals surface area contributed by atoms with Crippen LogP contribution < -0.4 is 10.5 Å². The molecule has 0 heterocycles. The molecule has 0 unspecified atom stereocenters. The summed E-state index contributed by atoms with van der Waals surface area (Å²) in [4.78, 5) is 12.3. The number of benzene rings is 1. The molecule has 0 amide bonds. The second-order valence-corrected chi connectivity index (χ2v) is 6.33. The van der Waals surface area contributed by atoms with Crippen LogP contribution in [0.4, 0.5) is 0 Å². The Morgan fingerprint density at radius 1 is 1.19 bits per heavy atom. The third-order valence-electron chi connectivity index (χ3n) is 4.77. The molecule has 2 rings (SSSR count). The minimum absolute atomic E-state index is 0.0925. The first kappa shape index (κ1) is 16.0. The Hall–Kier alpha value is -1.35. The Kier molecular flexibility index (Phi) is 5.80. The number of hydrogen-bond acceptors (Lipinski definition) is 3. The minimum Gasteiger partial charge on any atom is -0.497 e. The normalized spacial score (nSPS) is 17.4. The van der Waals surface area contributed by atoms with Gasteiger partial charge in [-0.15, -0.1) is 0 Å². The van der Waals surface area contributed by atoms with Gasteiger partial charge in [0.1, 0.15) is 11.5 Å². The Morgan fingerprint density at radius 3 is 2.43 bits per heavy atom. The summed E-state index contributed by atoms with van der Waals surface area (Å²) in [5.74, 6) is 1.22. The van der Waals surface area contributed by atoms with E-state index in [9.17, 15) is 4.79 Å². The van der Waals surface area contributed by atoms with Gasteiger partial charge in [0.05, 0.1) is 7.11 Å². The van der Waals surface area contributed by atoms with Crippen molar-refractivity contribution in [1.82, 2.24) is 0 Å². The first-order valence-corrected chi connectivity index (χ1v) is 8.02. The van der Waals surface area contributed by atoms with Gasteiger partial charge in [-0.2, -0.15) is 0 Å². The Labute approximate surface area is 127 Å². The van der Waals surface area contributed by atoms with Crippen LogP contribution in [0.2, 0.25) is 0 Å². The fraction of sp³-hybridized carbons (Fsp3) is 0.611. The third-order valence-corrected chi connectivity index (χ3v) is 4.77. The number of hydrogen-bond donors (Lipinski definition) is 1. The smallest absolute Gasteiger partial charge is 0.133 e. The van der Waals surface area contributed by atoms with Crippen molar-refractivity contribution in [3.05, 3.63) is 29.8 Å². The van der Waals surface area contributed by atoms with Gasteiger partial charge in [0.25, 0.3) is 0 Å². The van der Waals surface area contributed by atoms with E-state index >= 15 is 0 Å². The maximum Gasteiger partial charge on any atom is 0.133 e. The van der Waals surface area contributed by atoms with Crippen molar-refractivity contribution in [3.63, 3.8) is 0 Å². The maximum atomic E-state index is 12.3. The Morgan fingerprint density at radius 2 is 1.86 bits per heavy atom. The highest BCUT2D eigenvalue weighted by Gasteiger charge is 2.32. The van der Waals surface area contributed by atoms with Gasteiger partial charge >= 0.3 is 0 Å². The van der Waals surface area contributed by atoms with Crippen LogP contribution in [0.25, 0.3) is 0 Å². The van der Waals surface area contributed by atoms with Crippen LogP contribution in [-0.2, 0) is 11.2 Å². The molecule has 0 aliphatic heterocycles. The lowest BCUT2D eigenvalue weighted by molar-refractivity contribution is -0.121. The number of ketones is 1. The van der Waals surface area contributed by atoms with E-state index in [0.29, 0.717) is 25.2 Å². The van der Waals surface area contributed by atoms with Crippen molar-refractivity contribution in [1.29, 1.82) is 0 Å². The van der Waals surface area contributed by atoms with E-state index in [4.69, 9.17) is 10.5 Å². The second-order valence-electron chi connectivity index (χ2n) is 6.33. The number of rotatable bonds is 7. The van der Waals surface area contributed by atoms with Crippen molar-refractivity contribution in [2.75, 3.05) is 13.7 Å². The third kappa shape index (κ3) is 4.57. The lowest BCUT2D eigenvalue weighted by atomic mass is 9.70. The van der Waals surface area contributed by atoms with Crippen LogP contribution in [0.15, 0.2) is 24.3 Å². The molecule has 0 atom stereocenters. The summed E-state index contributed by atoms with van der Waals surface area (Å²) in [5, 5.41) is 0. The lowest BCUT2D eigenvalue weighted by Crippen LogP contribution is -2.35. The molecule has 3 heteroatoms. The average Bonchev–Trinajstić information content (AvgIpc) is 2.54. The summed E-state index contributed by atoms with van der Waals surface area (Å²) in [7, 11) is 1.66. The molecule has 1 aromatic carbocycles. The minimum atomic E-state index is 0.0925. The van der Waals surface area contributed by atoms with E-state index in [2.05, 4.69) is 0 Å². The van der Waals surface area contributed by atoms with Crippen molar-refractivity contribution < 1.29 is 9.53 Å². The van der Waals surface area contributed by atoms with E-state index in [-0.39, 0.29) is 5.41 Å². The molecule has 0 radical (unpaired) electrons. The van der Waals surface area contributed by atoms with Gasteiger partial charge in [0, 0.05) is 12.8 Å². The predicted molar refractivity (Wildman–Crippen MR) is 85.5 cm³/mol. The van der Waals surface area contributed by atoms with Crippen LogP contribution >= 0.6 is 0 Å². The molecule has 1 saturated carbocycles. The van der Waals surface area contributed by atoms with Crippen molar-refractivity contribution in [2.45, 2.75) is 51.4 Å². The van der Waals surface area contributed by atoms with Crippen LogP contribution in [0.1, 0.15) is 50.5 Å². The Bertz CT molecular complexity index is 447. The van der Waals surface area contributed by atoms with Crippen molar-refractivity contribution in [2.24, 2.45) is 11.1 Å². The second kappa shape index (κ2) is 7.60. The van der Waals surface area contributed by atoms with Gasteiger partial charge in [-0.3, -0.25) is 4.79 Å². The molecule has 0 saturated heterocycles. The molecular formula is C18H27NO2. The molecule has 0 aromatic heterocycles. The monoisotopic (exact) mass is 289 g/mol. The zero-order chi connectivity index (χ0) is 15.1. The molecule has 0 bridgehead atoms. The van der Waals surface area contributed by atoms with E-state index < -0.39 is 0 Å². The summed E-state index contributed by atoms with van der Waals surface area (Å²) in [6.45, 7) is 0.654. The lowest BCUT2D eigenvalue weighted by Gasteiger charge is -2.35. The van der Waals surface area contributed by atoms with Crippen molar-refractivity contribution >= 4 is 5.78 Å². The molecule has 3 nitrogen and oxygen atoms in total. The summed E-state index contributed by atoms with van der Waals surface area (Å²) < 4.78 is 5.14. The predicted octanol–water partition coefficient (Wildman–Crippen LogP) is 3.50. The molecule has 116 valence electrons. The molecule has 1 aromatic rings. The molecule has 1 fully saturated rings. The highest BCUT2D eigenvalue weighted by atomic mass is 16.5. The fourth-order valence-electron chi connectivity index (χ4n) is 3.34. The summed E-state index contributed by atoms with van der Waals surface area (Å²) in [6, 6.07) is 7.96.